The number of methoxy groups -OCH3 is 1. The summed E-state index contributed by atoms with van der Waals surface area (Å²) in [6.45, 7) is 4.46. The summed E-state index contributed by atoms with van der Waals surface area (Å²) in [6.07, 6.45) is 2.44. The van der Waals surface area contributed by atoms with Crippen molar-refractivity contribution in [1.82, 2.24) is 0 Å². The smallest absolute Gasteiger partial charge is 0.337 e. The molecule has 0 unspecified atom stereocenters. The zero-order valence-corrected chi connectivity index (χ0v) is 15.7. The number of benzene rings is 2. The maximum Gasteiger partial charge on any atom is 0.337 e. The number of urea groups is 1. The van der Waals surface area contributed by atoms with E-state index in [9.17, 15) is 9.59 Å². The number of hydrogen-bond donors (Lipinski definition) is 2. The monoisotopic (exact) mass is 367 g/mol. The second-order valence-corrected chi connectivity index (χ2v) is 6.86. The summed E-state index contributed by atoms with van der Waals surface area (Å²) < 4.78 is 4.65. The number of ether oxygens (including phenoxy) is 1. The molecule has 0 aliphatic carbocycles. The van der Waals surface area contributed by atoms with Gasteiger partial charge in [0.2, 0.25) is 0 Å². The SMILES string of the molecule is COC(=O)c1ccc(NC(=O)Nc2ccc(N3CCC(C)CC3)cc2)cc1. The zero-order chi connectivity index (χ0) is 19.2. The average Bonchev–Trinajstić information content (AvgIpc) is 2.69. The molecule has 142 valence electrons. The Morgan fingerprint density at radius 1 is 0.926 bits per heavy atom. The van der Waals surface area contributed by atoms with E-state index in [0.717, 1.165) is 24.7 Å². The first-order valence-corrected chi connectivity index (χ1v) is 9.16. The van der Waals surface area contributed by atoms with Gasteiger partial charge in [-0.1, -0.05) is 6.92 Å². The lowest BCUT2D eigenvalue weighted by Gasteiger charge is -2.32. The minimum absolute atomic E-state index is 0.333. The van der Waals surface area contributed by atoms with Crippen molar-refractivity contribution < 1.29 is 14.3 Å². The van der Waals surface area contributed by atoms with Gasteiger partial charge in [0, 0.05) is 30.2 Å². The van der Waals surface area contributed by atoms with Crippen LogP contribution in [-0.4, -0.2) is 32.2 Å². The summed E-state index contributed by atoms with van der Waals surface area (Å²) in [5.41, 5.74) is 2.95. The molecular weight excluding hydrogens is 342 g/mol. The van der Waals surface area contributed by atoms with Crippen molar-refractivity contribution in [2.45, 2.75) is 19.8 Å². The van der Waals surface area contributed by atoms with Crippen LogP contribution in [0.15, 0.2) is 48.5 Å². The molecule has 0 radical (unpaired) electrons. The van der Waals surface area contributed by atoms with Gasteiger partial charge in [-0.15, -0.1) is 0 Å². The molecule has 6 nitrogen and oxygen atoms in total. The first-order chi connectivity index (χ1) is 13.0. The number of rotatable bonds is 4. The number of hydrogen-bond acceptors (Lipinski definition) is 4. The fraction of sp³-hybridized carbons (Fsp3) is 0.333. The zero-order valence-electron chi connectivity index (χ0n) is 15.7. The topological polar surface area (TPSA) is 70.7 Å². The van der Waals surface area contributed by atoms with Crippen LogP contribution in [0.4, 0.5) is 21.9 Å². The van der Waals surface area contributed by atoms with Crippen LogP contribution in [0, 0.1) is 5.92 Å². The van der Waals surface area contributed by atoms with Gasteiger partial charge in [0.15, 0.2) is 0 Å². The molecule has 0 aromatic heterocycles. The quantitative estimate of drug-likeness (QED) is 0.788. The van der Waals surface area contributed by atoms with Crippen molar-refractivity contribution in [3.8, 4) is 0 Å². The van der Waals surface area contributed by atoms with E-state index in [1.165, 1.54) is 25.6 Å². The Labute approximate surface area is 159 Å². The Balaban J connectivity index is 1.54. The molecule has 1 aliphatic heterocycles. The van der Waals surface area contributed by atoms with Crippen molar-refractivity contribution in [1.29, 1.82) is 0 Å². The molecule has 0 spiro atoms. The van der Waals surface area contributed by atoms with Crippen LogP contribution in [0.2, 0.25) is 0 Å². The number of amides is 2. The van der Waals surface area contributed by atoms with Crippen molar-refractivity contribution in [2.24, 2.45) is 5.92 Å². The molecule has 27 heavy (non-hydrogen) atoms. The fourth-order valence-electron chi connectivity index (χ4n) is 3.12. The molecule has 0 atom stereocenters. The third-order valence-electron chi connectivity index (χ3n) is 4.84. The van der Waals surface area contributed by atoms with Crippen molar-refractivity contribution in [3.63, 3.8) is 0 Å². The van der Waals surface area contributed by atoms with Crippen LogP contribution in [0.5, 0.6) is 0 Å². The summed E-state index contributed by atoms with van der Waals surface area (Å²) in [5.74, 6) is 0.391. The molecule has 2 aromatic rings. The van der Waals surface area contributed by atoms with E-state index in [4.69, 9.17) is 0 Å². The van der Waals surface area contributed by atoms with E-state index in [0.29, 0.717) is 11.3 Å². The van der Waals surface area contributed by atoms with Gasteiger partial charge >= 0.3 is 12.0 Å². The van der Waals surface area contributed by atoms with Crippen LogP contribution in [0.1, 0.15) is 30.1 Å². The molecule has 3 rings (SSSR count). The largest absolute Gasteiger partial charge is 0.465 e. The van der Waals surface area contributed by atoms with Crippen molar-refractivity contribution >= 4 is 29.1 Å². The number of nitrogens with zero attached hydrogens (tertiary/aromatic N) is 1. The Morgan fingerprint density at radius 3 is 1.96 bits per heavy atom. The fourth-order valence-corrected chi connectivity index (χ4v) is 3.12. The highest BCUT2D eigenvalue weighted by Crippen LogP contribution is 2.24. The average molecular weight is 367 g/mol. The normalized spacial score (nSPS) is 14.5. The molecule has 6 heteroatoms. The summed E-state index contributed by atoms with van der Waals surface area (Å²) in [6, 6.07) is 14.1. The molecule has 2 N–H and O–H groups in total. The minimum atomic E-state index is -0.408. The summed E-state index contributed by atoms with van der Waals surface area (Å²) >= 11 is 0. The van der Waals surface area contributed by atoms with E-state index in [1.807, 2.05) is 24.3 Å². The second kappa shape index (κ2) is 8.58. The number of nitrogens with one attached hydrogen (secondary N) is 2. The lowest BCUT2D eigenvalue weighted by molar-refractivity contribution is 0.0600. The van der Waals surface area contributed by atoms with Crippen LogP contribution in [-0.2, 0) is 4.74 Å². The van der Waals surface area contributed by atoms with Gasteiger partial charge in [0.25, 0.3) is 0 Å². The Morgan fingerprint density at radius 2 is 1.44 bits per heavy atom. The molecule has 0 saturated carbocycles. The lowest BCUT2D eigenvalue weighted by atomic mass is 9.99. The first-order valence-electron chi connectivity index (χ1n) is 9.16. The number of carbonyl (C=O) groups excluding carboxylic acids is 2. The van der Waals surface area contributed by atoms with Gasteiger partial charge in [0.1, 0.15) is 0 Å². The predicted molar refractivity (Wildman–Crippen MR) is 107 cm³/mol. The van der Waals surface area contributed by atoms with Gasteiger partial charge in [-0.2, -0.15) is 0 Å². The minimum Gasteiger partial charge on any atom is -0.465 e. The molecule has 1 heterocycles. The van der Waals surface area contributed by atoms with Crippen LogP contribution >= 0.6 is 0 Å². The summed E-state index contributed by atoms with van der Waals surface area (Å²) in [5, 5.41) is 5.56. The molecule has 2 aromatic carbocycles. The maximum absolute atomic E-state index is 12.2. The number of anilines is 3. The van der Waals surface area contributed by atoms with E-state index < -0.39 is 5.97 Å². The first kappa shape index (κ1) is 18.8. The standard InChI is InChI=1S/C21H25N3O3/c1-15-11-13-24(14-12-15)19-9-7-18(8-10-19)23-21(26)22-17-5-3-16(4-6-17)20(25)27-2/h3-10,15H,11-14H2,1-2H3,(H2,22,23,26). The number of esters is 1. The lowest BCUT2D eigenvalue weighted by Crippen LogP contribution is -2.32. The number of carbonyl (C=O) groups is 2. The summed E-state index contributed by atoms with van der Waals surface area (Å²) in [7, 11) is 1.33. The predicted octanol–water partition coefficient (Wildman–Crippen LogP) is 4.35. The van der Waals surface area contributed by atoms with Crippen molar-refractivity contribution in [3.05, 3.63) is 54.1 Å². The highest BCUT2D eigenvalue weighted by molar-refractivity contribution is 6.00. The highest BCUT2D eigenvalue weighted by Gasteiger charge is 2.16. The molecule has 1 fully saturated rings. The Hall–Kier alpha value is -3.02. The van der Waals surface area contributed by atoms with Gasteiger partial charge in [-0.05, 0) is 67.3 Å². The van der Waals surface area contributed by atoms with Crippen LogP contribution in [0.25, 0.3) is 0 Å². The second-order valence-electron chi connectivity index (χ2n) is 6.86. The van der Waals surface area contributed by atoms with E-state index in [1.54, 1.807) is 24.3 Å². The third kappa shape index (κ3) is 5.00. The van der Waals surface area contributed by atoms with Gasteiger partial charge < -0.3 is 20.3 Å². The van der Waals surface area contributed by atoms with E-state index in [2.05, 4.69) is 27.2 Å². The Bertz CT molecular complexity index is 779. The van der Waals surface area contributed by atoms with Gasteiger partial charge in [-0.25, -0.2) is 9.59 Å². The maximum atomic E-state index is 12.2. The molecule has 2 amide bonds. The highest BCUT2D eigenvalue weighted by atomic mass is 16.5. The Kier molecular flexibility index (Phi) is 5.96. The van der Waals surface area contributed by atoms with Crippen molar-refractivity contribution in [2.75, 3.05) is 35.7 Å². The van der Waals surface area contributed by atoms with Gasteiger partial charge in [0.05, 0.1) is 12.7 Å². The summed E-state index contributed by atoms with van der Waals surface area (Å²) in [4.78, 5) is 26.0. The molecule has 1 saturated heterocycles. The molecular formula is C21H25N3O3. The van der Waals surface area contributed by atoms with E-state index in [-0.39, 0.29) is 6.03 Å². The number of piperidine rings is 1. The van der Waals surface area contributed by atoms with E-state index >= 15 is 0 Å². The van der Waals surface area contributed by atoms with Gasteiger partial charge in [-0.3, -0.25) is 0 Å². The van der Waals surface area contributed by atoms with Crippen LogP contribution < -0.4 is 15.5 Å². The molecule has 1 aliphatic rings. The van der Waals surface area contributed by atoms with Crippen LogP contribution in [0.3, 0.4) is 0 Å². The molecule has 0 bridgehead atoms. The third-order valence-corrected chi connectivity index (χ3v) is 4.84.